The molecular formula is C13H19FN2O2S. The van der Waals surface area contributed by atoms with Gasteiger partial charge >= 0.3 is 0 Å². The highest BCUT2D eigenvalue weighted by Crippen LogP contribution is 2.37. The largest absolute Gasteiger partial charge is 0.399 e. The fraction of sp³-hybridized carbons (Fsp3) is 0.538. The number of hydrogen-bond acceptors (Lipinski definition) is 3. The SMILES string of the molecule is Cc1c(F)cc(N)cc1S(=O)(=O)N(C)C(C)C1CC1. The summed E-state index contributed by atoms with van der Waals surface area (Å²) in [4.78, 5) is -0.0417. The molecule has 0 bridgehead atoms. The molecule has 0 heterocycles. The number of hydrogen-bond donors (Lipinski definition) is 1. The van der Waals surface area contributed by atoms with Gasteiger partial charge in [-0.2, -0.15) is 4.31 Å². The van der Waals surface area contributed by atoms with Gasteiger partial charge < -0.3 is 5.73 Å². The highest BCUT2D eigenvalue weighted by atomic mass is 32.2. The van der Waals surface area contributed by atoms with E-state index in [4.69, 9.17) is 5.73 Å². The lowest BCUT2D eigenvalue weighted by Crippen LogP contribution is -2.36. The van der Waals surface area contributed by atoms with Gasteiger partial charge in [-0.1, -0.05) is 0 Å². The van der Waals surface area contributed by atoms with Crippen LogP contribution in [-0.2, 0) is 10.0 Å². The lowest BCUT2D eigenvalue weighted by molar-refractivity contribution is 0.356. The van der Waals surface area contributed by atoms with Gasteiger partial charge in [0.2, 0.25) is 10.0 Å². The van der Waals surface area contributed by atoms with Crippen molar-refractivity contribution in [3.05, 3.63) is 23.5 Å². The van der Waals surface area contributed by atoms with Crippen molar-refractivity contribution in [3.63, 3.8) is 0 Å². The van der Waals surface area contributed by atoms with Crippen LogP contribution in [0.3, 0.4) is 0 Å². The van der Waals surface area contributed by atoms with Crippen molar-refractivity contribution in [1.82, 2.24) is 4.31 Å². The first kappa shape index (κ1) is 14.3. The van der Waals surface area contributed by atoms with E-state index in [0.29, 0.717) is 5.92 Å². The van der Waals surface area contributed by atoms with Crippen molar-refractivity contribution in [2.24, 2.45) is 5.92 Å². The summed E-state index contributed by atoms with van der Waals surface area (Å²) >= 11 is 0. The second-order valence-corrected chi connectivity index (χ2v) is 7.19. The molecule has 19 heavy (non-hydrogen) atoms. The number of benzene rings is 1. The van der Waals surface area contributed by atoms with Crippen molar-refractivity contribution < 1.29 is 12.8 Å². The molecule has 1 atom stereocenters. The molecule has 2 rings (SSSR count). The number of nitrogens with zero attached hydrogens (tertiary/aromatic N) is 1. The molecule has 0 amide bonds. The van der Waals surface area contributed by atoms with Crippen LogP contribution in [-0.4, -0.2) is 25.8 Å². The third-order valence-electron chi connectivity index (χ3n) is 3.85. The zero-order valence-corrected chi connectivity index (χ0v) is 12.2. The van der Waals surface area contributed by atoms with E-state index in [2.05, 4.69) is 0 Å². The van der Waals surface area contributed by atoms with Gasteiger partial charge in [-0.05, 0) is 44.7 Å². The lowest BCUT2D eigenvalue weighted by atomic mass is 10.2. The summed E-state index contributed by atoms with van der Waals surface area (Å²) in [5.74, 6) is -0.183. The zero-order valence-electron chi connectivity index (χ0n) is 11.4. The summed E-state index contributed by atoms with van der Waals surface area (Å²) in [5.41, 5.74) is 5.78. The Kier molecular flexibility index (Phi) is 3.57. The lowest BCUT2D eigenvalue weighted by Gasteiger charge is -2.25. The molecule has 2 N–H and O–H groups in total. The van der Waals surface area contributed by atoms with Crippen molar-refractivity contribution in [2.75, 3.05) is 12.8 Å². The molecule has 0 aliphatic heterocycles. The van der Waals surface area contributed by atoms with Gasteiger partial charge in [-0.15, -0.1) is 0 Å². The molecular weight excluding hydrogens is 267 g/mol. The summed E-state index contributed by atoms with van der Waals surface area (Å²) in [7, 11) is -2.17. The molecule has 0 radical (unpaired) electrons. The van der Waals surface area contributed by atoms with E-state index in [0.717, 1.165) is 18.9 Å². The smallest absolute Gasteiger partial charge is 0.243 e. The van der Waals surface area contributed by atoms with Gasteiger partial charge in [-0.25, -0.2) is 12.8 Å². The molecule has 4 nitrogen and oxygen atoms in total. The second-order valence-electron chi connectivity index (χ2n) is 5.23. The molecule has 0 saturated heterocycles. The molecule has 1 aliphatic carbocycles. The highest BCUT2D eigenvalue weighted by molar-refractivity contribution is 7.89. The molecule has 1 aliphatic rings. The molecule has 0 aromatic heterocycles. The molecule has 1 aromatic rings. The predicted octanol–water partition coefficient (Wildman–Crippen LogP) is 2.14. The maximum Gasteiger partial charge on any atom is 0.243 e. The maximum absolute atomic E-state index is 13.6. The van der Waals surface area contributed by atoms with E-state index in [1.807, 2.05) is 6.92 Å². The van der Waals surface area contributed by atoms with Crippen LogP contribution in [0.4, 0.5) is 10.1 Å². The number of sulfonamides is 1. The fourth-order valence-electron chi connectivity index (χ4n) is 2.19. The minimum absolute atomic E-state index is 0.0417. The summed E-state index contributed by atoms with van der Waals surface area (Å²) < 4.78 is 40.0. The monoisotopic (exact) mass is 286 g/mol. The van der Waals surface area contributed by atoms with Crippen LogP contribution in [0, 0.1) is 18.7 Å². The Bertz CT molecular complexity index is 597. The Morgan fingerprint density at radius 1 is 1.42 bits per heavy atom. The summed E-state index contributed by atoms with van der Waals surface area (Å²) in [5, 5.41) is 0. The number of nitrogens with two attached hydrogens (primary N) is 1. The Morgan fingerprint density at radius 3 is 2.53 bits per heavy atom. The quantitative estimate of drug-likeness (QED) is 0.862. The number of rotatable bonds is 4. The van der Waals surface area contributed by atoms with E-state index in [-0.39, 0.29) is 22.2 Å². The Labute approximate surface area is 113 Å². The summed E-state index contributed by atoms with van der Waals surface area (Å²) in [6.07, 6.45) is 2.09. The summed E-state index contributed by atoms with van der Waals surface area (Å²) in [6.45, 7) is 3.34. The van der Waals surface area contributed by atoms with Gasteiger partial charge in [0.05, 0.1) is 4.90 Å². The first-order valence-electron chi connectivity index (χ1n) is 6.28. The fourth-order valence-corrected chi connectivity index (χ4v) is 3.88. The van der Waals surface area contributed by atoms with E-state index < -0.39 is 15.8 Å². The number of halogens is 1. The van der Waals surface area contributed by atoms with Gasteiger partial charge in [0, 0.05) is 24.3 Å². The van der Waals surface area contributed by atoms with Gasteiger partial charge in [0.15, 0.2) is 0 Å². The third-order valence-corrected chi connectivity index (χ3v) is 5.92. The summed E-state index contributed by atoms with van der Waals surface area (Å²) in [6, 6.07) is 2.39. The second kappa shape index (κ2) is 4.76. The average Bonchev–Trinajstić information content (AvgIpc) is 3.15. The Morgan fingerprint density at radius 2 is 2.00 bits per heavy atom. The van der Waals surface area contributed by atoms with Crippen LogP contribution in [0.2, 0.25) is 0 Å². The van der Waals surface area contributed by atoms with Crippen molar-refractivity contribution >= 4 is 15.7 Å². The molecule has 6 heteroatoms. The van der Waals surface area contributed by atoms with E-state index >= 15 is 0 Å². The Hall–Kier alpha value is -1.14. The third kappa shape index (κ3) is 2.60. The van der Waals surface area contributed by atoms with Crippen molar-refractivity contribution in [3.8, 4) is 0 Å². The minimum atomic E-state index is -3.71. The van der Waals surface area contributed by atoms with Crippen molar-refractivity contribution in [2.45, 2.75) is 37.6 Å². The van der Waals surface area contributed by atoms with E-state index in [1.165, 1.54) is 17.3 Å². The number of anilines is 1. The normalized spacial score (nSPS) is 17.7. The van der Waals surface area contributed by atoms with Crippen LogP contribution < -0.4 is 5.73 Å². The van der Waals surface area contributed by atoms with Crippen LogP contribution in [0.5, 0.6) is 0 Å². The van der Waals surface area contributed by atoms with Gasteiger partial charge in [0.1, 0.15) is 5.82 Å². The molecule has 1 fully saturated rings. The van der Waals surface area contributed by atoms with E-state index in [1.54, 1.807) is 7.05 Å². The molecule has 0 spiro atoms. The minimum Gasteiger partial charge on any atom is -0.399 e. The van der Waals surface area contributed by atoms with Crippen LogP contribution in [0.1, 0.15) is 25.3 Å². The van der Waals surface area contributed by atoms with E-state index in [9.17, 15) is 12.8 Å². The molecule has 1 unspecified atom stereocenters. The molecule has 1 saturated carbocycles. The molecule has 1 aromatic carbocycles. The van der Waals surface area contributed by atoms with Gasteiger partial charge in [-0.3, -0.25) is 0 Å². The van der Waals surface area contributed by atoms with Crippen LogP contribution in [0.25, 0.3) is 0 Å². The van der Waals surface area contributed by atoms with Gasteiger partial charge in [0.25, 0.3) is 0 Å². The van der Waals surface area contributed by atoms with Crippen molar-refractivity contribution in [1.29, 1.82) is 0 Å². The maximum atomic E-state index is 13.6. The number of nitrogen functional groups attached to an aromatic ring is 1. The average molecular weight is 286 g/mol. The highest BCUT2D eigenvalue weighted by Gasteiger charge is 2.36. The van der Waals surface area contributed by atoms with Crippen LogP contribution >= 0.6 is 0 Å². The topological polar surface area (TPSA) is 63.4 Å². The van der Waals surface area contributed by atoms with Crippen LogP contribution in [0.15, 0.2) is 17.0 Å². The Balaban J connectivity index is 2.44. The zero-order chi connectivity index (χ0) is 14.4. The first-order valence-corrected chi connectivity index (χ1v) is 7.73. The standard InChI is InChI=1S/C13H19FN2O2S/c1-8-12(14)6-11(15)7-13(8)19(17,18)16(3)9(2)10-4-5-10/h6-7,9-10H,4-5,15H2,1-3H3. The first-order chi connectivity index (χ1) is 8.75. The predicted molar refractivity (Wildman–Crippen MR) is 72.7 cm³/mol. The molecule has 106 valence electrons.